The Balaban J connectivity index is 2.20. The van der Waals surface area contributed by atoms with E-state index in [1.807, 2.05) is 12.1 Å². The summed E-state index contributed by atoms with van der Waals surface area (Å²) in [6.45, 7) is 6.27. The summed E-state index contributed by atoms with van der Waals surface area (Å²) < 4.78 is 0.893. The topological polar surface area (TPSA) is 66.4 Å². The Morgan fingerprint density at radius 2 is 1.56 bits per heavy atom. The summed E-state index contributed by atoms with van der Waals surface area (Å²) in [5.74, 6) is -1.64. The second-order valence-electron chi connectivity index (χ2n) is 6.70. The van der Waals surface area contributed by atoms with E-state index in [0.717, 1.165) is 10.0 Å². The molecule has 0 atom stereocenters. The first-order valence-electron chi connectivity index (χ1n) is 7.79. The van der Waals surface area contributed by atoms with Crippen molar-refractivity contribution in [2.24, 2.45) is 0 Å². The van der Waals surface area contributed by atoms with Gasteiger partial charge >= 0.3 is 5.97 Å². The van der Waals surface area contributed by atoms with Crippen LogP contribution < -0.4 is 5.32 Å². The molecule has 0 saturated carbocycles. The van der Waals surface area contributed by atoms with Gasteiger partial charge in [-0.15, -0.1) is 0 Å². The molecule has 0 saturated heterocycles. The summed E-state index contributed by atoms with van der Waals surface area (Å²) in [7, 11) is 0. The zero-order chi connectivity index (χ0) is 18.6. The summed E-state index contributed by atoms with van der Waals surface area (Å²) in [5.41, 5.74) is 2.02. The molecule has 130 valence electrons. The highest BCUT2D eigenvalue weighted by atomic mass is 79.9. The van der Waals surface area contributed by atoms with Crippen molar-refractivity contribution in [2.45, 2.75) is 26.2 Å². The highest BCUT2D eigenvalue weighted by Gasteiger charge is 2.16. The van der Waals surface area contributed by atoms with Crippen molar-refractivity contribution in [3.05, 3.63) is 75.4 Å². The van der Waals surface area contributed by atoms with Crippen LogP contribution in [0.15, 0.2) is 58.7 Å². The maximum absolute atomic E-state index is 12.3. The molecule has 5 heteroatoms. The first-order valence-corrected chi connectivity index (χ1v) is 8.58. The van der Waals surface area contributed by atoms with Crippen LogP contribution in [0.3, 0.4) is 0 Å². The Bertz CT molecular complexity index is 800. The van der Waals surface area contributed by atoms with E-state index in [0.29, 0.717) is 11.1 Å². The zero-order valence-corrected chi connectivity index (χ0v) is 15.9. The summed E-state index contributed by atoms with van der Waals surface area (Å²) in [6.07, 6.45) is 1.43. The smallest absolute Gasteiger partial charge is 0.352 e. The van der Waals surface area contributed by atoms with Gasteiger partial charge in [0.05, 0.1) is 0 Å². The van der Waals surface area contributed by atoms with Gasteiger partial charge in [0.15, 0.2) is 0 Å². The molecule has 2 N–H and O–H groups in total. The molecule has 4 nitrogen and oxygen atoms in total. The van der Waals surface area contributed by atoms with E-state index < -0.39 is 11.9 Å². The first-order chi connectivity index (χ1) is 11.7. The minimum atomic E-state index is -1.19. The van der Waals surface area contributed by atoms with Gasteiger partial charge in [0.25, 0.3) is 5.91 Å². The van der Waals surface area contributed by atoms with Crippen LogP contribution in [-0.2, 0) is 10.2 Å². The third kappa shape index (κ3) is 5.29. The van der Waals surface area contributed by atoms with Crippen LogP contribution in [0.25, 0.3) is 6.08 Å². The minimum absolute atomic E-state index is 0.0112. The van der Waals surface area contributed by atoms with Gasteiger partial charge in [-0.1, -0.05) is 61.0 Å². The Labute approximate surface area is 155 Å². The second kappa shape index (κ2) is 7.66. The van der Waals surface area contributed by atoms with E-state index in [2.05, 4.69) is 42.0 Å². The average Bonchev–Trinajstić information content (AvgIpc) is 2.55. The average molecular weight is 402 g/mol. The van der Waals surface area contributed by atoms with Crippen LogP contribution in [0.5, 0.6) is 0 Å². The largest absolute Gasteiger partial charge is 0.477 e. The van der Waals surface area contributed by atoms with Gasteiger partial charge in [-0.3, -0.25) is 4.79 Å². The number of nitrogens with one attached hydrogen (secondary N) is 1. The van der Waals surface area contributed by atoms with E-state index in [-0.39, 0.29) is 11.1 Å². The molecular formula is C20H20BrNO3. The molecule has 0 heterocycles. The number of carboxylic acid groups (broad SMARTS) is 1. The van der Waals surface area contributed by atoms with Crippen LogP contribution in [0.2, 0.25) is 0 Å². The highest BCUT2D eigenvalue weighted by Crippen LogP contribution is 2.22. The third-order valence-electron chi connectivity index (χ3n) is 3.67. The Morgan fingerprint density at radius 3 is 2.04 bits per heavy atom. The van der Waals surface area contributed by atoms with Crippen molar-refractivity contribution < 1.29 is 14.7 Å². The van der Waals surface area contributed by atoms with Crippen molar-refractivity contribution in [1.82, 2.24) is 5.32 Å². The van der Waals surface area contributed by atoms with Gasteiger partial charge < -0.3 is 10.4 Å². The van der Waals surface area contributed by atoms with Crippen molar-refractivity contribution in [2.75, 3.05) is 0 Å². The molecule has 2 rings (SSSR count). The fourth-order valence-electron chi connectivity index (χ4n) is 2.19. The number of aliphatic carboxylic acids is 1. The highest BCUT2D eigenvalue weighted by molar-refractivity contribution is 9.10. The number of carbonyl (C=O) groups excluding carboxylic acids is 1. The predicted octanol–water partition coefficient (Wildman–Crippen LogP) is 4.60. The van der Waals surface area contributed by atoms with E-state index in [4.69, 9.17) is 0 Å². The number of hydrogen-bond acceptors (Lipinski definition) is 2. The molecule has 0 fully saturated rings. The number of benzene rings is 2. The molecule has 25 heavy (non-hydrogen) atoms. The van der Waals surface area contributed by atoms with Gasteiger partial charge in [-0.05, 0) is 46.9 Å². The molecule has 0 unspecified atom stereocenters. The minimum Gasteiger partial charge on any atom is -0.477 e. The SMILES string of the molecule is CC(C)(C)c1ccc(C(=O)N/C(=C\c2ccc(Br)cc2)C(=O)O)cc1. The quantitative estimate of drug-likeness (QED) is 0.735. The second-order valence-corrected chi connectivity index (χ2v) is 7.61. The van der Waals surface area contributed by atoms with Crippen molar-refractivity contribution in [3.63, 3.8) is 0 Å². The lowest BCUT2D eigenvalue weighted by molar-refractivity contribution is -0.132. The normalized spacial score (nSPS) is 11.9. The van der Waals surface area contributed by atoms with Gasteiger partial charge in [0.1, 0.15) is 5.70 Å². The monoisotopic (exact) mass is 401 g/mol. The van der Waals surface area contributed by atoms with Gasteiger partial charge in [0.2, 0.25) is 0 Å². The van der Waals surface area contributed by atoms with Crippen LogP contribution >= 0.6 is 15.9 Å². The maximum Gasteiger partial charge on any atom is 0.352 e. The number of halogens is 1. The van der Waals surface area contributed by atoms with E-state index in [9.17, 15) is 14.7 Å². The molecule has 0 bridgehead atoms. The number of hydrogen-bond donors (Lipinski definition) is 2. The molecule has 0 spiro atoms. The van der Waals surface area contributed by atoms with Gasteiger partial charge in [-0.2, -0.15) is 0 Å². The number of carbonyl (C=O) groups is 2. The Kier molecular flexibility index (Phi) is 5.80. The zero-order valence-electron chi connectivity index (χ0n) is 14.3. The molecule has 0 aliphatic carbocycles. The molecule has 0 radical (unpaired) electrons. The predicted molar refractivity (Wildman–Crippen MR) is 102 cm³/mol. The van der Waals surface area contributed by atoms with E-state index >= 15 is 0 Å². The number of carboxylic acids is 1. The van der Waals surface area contributed by atoms with E-state index in [1.54, 1.807) is 36.4 Å². The summed E-state index contributed by atoms with van der Waals surface area (Å²) >= 11 is 3.32. The van der Waals surface area contributed by atoms with Gasteiger partial charge in [-0.25, -0.2) is 4.79 Å². The summed E-state index contributed by atoms with van der Waals surface area (Å²) in [4.78, 5) is 23.8. The summed E-state index contributed by atoms with van der Waals surface area (Å²) in [6, 6.07) is 14.3. The van der Waals surface area contributed by atoms with Crippen molar-refractivity contribution in [3.8, 4) is 0 Å². The molecule has 2 aromatic rings. The van der Waals surface area contributed by atoms with Crippen molar-refractivity contribution >= 4 is 33.9 Å². The standard InChI is InChI=1S/C20H20BrNO3/c1-20(2,3)15-8-6-14(7-9-15)18(23)22-17(19(24)25)12-13-4-10-16(21)11-5-13/h4-12H,1-3H3,(H,22,23)(H,24,25)/b17-12-. The lowest BCUT2D eigenvalue weighted by atomic mass is 9.87. The van der Waals surface area contributed by atoms with Crippen LogP contribution in [-0.4, -0.2) is 17.0 Å². The Hall–Kier alpha value is -2.40. The fourth-order valence-corrected chi connectivity index (χ4v) is 2.46. The molecule has 0 aromatic heterocycles. The molecular weight excluding hydrogens is 382 g/mol. The molecule has 2 aromatic carbocycles. The van der Waals surface area contributed by atoms with Crippen LogP contribution in [0.4, 0.5) is 0 Å². The van der Waals surface area contributed by atoms with Crippen LogP contribution in [0, 0.1) is 0 Å². The summed E-state index contributed by atoms with van der Waals surface area (Å²) in [5, 5.41) is 11.8. The Morgan fingerprint density at radius 1 is 1.00 bits per heavy atom. The maximum atomic E-state index is 12.3. The molecule has 1 amide bonds. The molecule has 0 aliphatic rings. The lowest BCUT2D eigenvalue weighted by Crippen LogP contribution is -2.27. The lowest BCUT2D eigenvalue weighted by Gasteiger charge is -2.19. The number of amides is 1. The van der Waals surface area contributed by atoms with Crippen LogP contribution in [0.1, 0.15) is 42.3 Å². The molecule has 0 aliphatic heterocycles. The number of rotatable bonds is 4. The van der Waals surface area contributed by atoms with Crippen molar-refractivity contribution in [1.29, 1.82) is 0 Å². The van der Waals surface area contributed by atoms with E-state index in [1.165, 1.54) is 6.08 Å². The van der Waals surface area contributed by atoms with Gasteiger partial charge in [0, 0.05) is 10.0 Å². The third-order valence-corrected chi connectivity index (χ3v) is 4.20. The first kappa shape index (κ1) is 18.9. The fraction of sp³-hybridized carbons (Fsp3) is 0.200.